The molecule has 1 aliphatic heterocycles. The van der Waals surface area contributed by atoms with Crippen molar-refractivity contribution in [2.75, 3.05) is 0 Å². The van der Waals surface area contributed by atoms with Crippen molar-refractivity contribution in [3.63, 3.8) is 0 Å². The Kier molecular flexibility index (Phi) is 14.6. The molecule has 0 spiro atoms. The second-order valence-electron chi connectivity index (χ2n) is 9.92. The quantitative estimate of drug-likeness (QED) is 0.226. The maximum atomic E-state index is 3.36. The number of hydrogen-bond donors (Lipinski definition) is 0. The van der Waals surface area contributed by atoms with Crippen molar-refractivity contribution in [3.05, 3.63) is 132 Å². The first kappa shape index (κ1) is 34.2. The number of allylic oxidation sites excluding steroid dienone is 8. The Bertz CT molecular complexity index is 1400. The summed E-state index contributed by atoms with van der Waals surface area (Å²) in [5, 5.41) is 5.30. The third kappa shape index (κ3) is 8.77. The first-order chi connectivity index (χ1) is 18.2. The van der Waals surface area contributed by atoms with Crippen LogP contribution < -0.4 is 24.8 Å². The monoisotopic (exact) mass is 654 g/mol. The molecule has 4 heteroatoms. The van der Waals surface area contributed by atoms with Crippen LogP contribution in [0.1, 0.15) is 50.7 Å². The molecule has 0 amide bonds. The summed E-state index contributed by atoms with van der Waals surface area (Å²) >= 11 is 0. The maximum Gasteiger partial charge on any atom is 4.00 e. The Balaban J connectivity index is 0.000000225. The SMILES string of the molecule is C1CC[Si]C1.CC1=[C-]CC(c2cccc3ccccc23)=C1.CC1=[C-]CC(c2cccc3ccccc23)=C1.[Cl-].[Cl-].[Zr+4]. The fraction of sp³-hybridized carbons (Fsp3) is 0.222. The van der Waals surface area contributed by atoms with Crippen molar-refractivity contribution in [2.24, 2.45) is 0 Å². The van der Waals surface area contributed by atoms with E-state index in [2.05, 4.69) is 123 Å². The summed E-state index contributed by atoms with van der Waals surface area (Å²) in [6.07, 6.45) is 16.1. The molecule has 0 bridgehead atoms. The molecule has 0 N–H and O–H groups in total. The van der Waals surface area contributed by atoms with E-state index in [1.165, 1.54) is 89.4 Å². The van der Waals surface area contributed by atoms with Gasteiger partial charge in [-0.15, -0.1) is 24.0 Å². The van der Waals surface area contributed by atoms with Gasteiger partial charge in [0.2, 0.25) is 0 Å². The van der Waals surface area contributed by atoms with Crippen molar-refractivity contribution in [2.45, 2.75) is 51.6 Å². The molecule has 40 heavy (non-hydrogen) atoms. The molecule has 0 aromatic heterocycles. The summed E-state index contributed by atoms with van der Waals surface area (Å²) in [5.41, 5.74) is 7.97. The van der Waals surface area contributed by atoms with Gasteiger partial charge < -0.3 is 24.8 Å². The number of halogens is 2. The molecule has 2 aliphatic carbocycles. The van der Waals surface area contributed by atoms with Crippen LogP contribution >= 0.6 is 0 Å². The number of benzene rings is 4. The van der Waals surface area contributed by atoms with Crippen molar-refractivity contribution in [1.29, 1.82) is 0 Å². The third-order valence-corrected chi connectivity index (χ3v) is 8.54. The summed E-state index contributed by atoms with van der Waals surface area (Å²) in [7, 11) is 1.31. The minimum absolute atomic E-state index is 0. The number of fused-ring (bicyclic) bond motifs is 2. The van der Waals surface area contributed by atoms with Gasteiger partial charge in [-0.1, -0.05) is 124 Å². The number of hydrogen-bond acceptors (Lipinski definition) is 0. The normalized spacial score (nSPS) is 15.1. The van der Waals surface area contributed by atoms with E-state index >= 15 is 0 Å². The van der Waals surface area contributed by atoms with E-state index in [0.29, 0.717) is 0 Å². The van der Waals surface area contributed by atoms with Gasteiger partial charge >= 0.3 is 26.2 Å². The zero-order valence-corrected chi connectivity index (χ0v) is 28.2. The smallest absolute Gasteiger partial charge is 1.00 e. The van der Waals surface area contributed by atoms with E-state index in [4.69, 9.17) is 0 Å². The van der Waals surface area contributed by atoms with Crippen LogP contribution in [0.15, 0.2) is 108 Å². The maximum absolute atomic E-state index is 3.36. The Morgan fingerprint density at radius 1 is 0.550 bits per heavy atom. The number of rotatable bonds is 2. The molecule has 0 unspecified atom stereocenters. The van der Waals surface area contributed by atoms with Gasteiger partial charge in [-0.3, -0.25) is 12.2 Å². The van der Waals surface area contributed by atoms with E-state index in [0.717, 1.165) is 12.8 Å². The minimum atomic E-state index is 0. The summed E-state index contributed by atoms with van der Waals surface area (Å²) < 4.78 is 0. The van der Waals surface area contributed by atoms with Crippen LogP contribution in [0.2, 0.25) is 12.1 Å². The van der Waals surface area contributed by atoms with Crippen LogP contribution in [0.4, 0.5) is 0 Å². The van der Waals surface area contributed by atoms with Gasteiger partial charge in [0, 0.05) is 9.52 Å². The van der Waals surface area contributed by atoms with Crippen LogP contribution in [0.25, 0.3) is 32.7 Å². The molecular formula is C36H34Cl2SiZr. The second-order valence-corrected chi connectivity index (χ2v) is 11.4. The van der Waals surface area contributed by atoms with Crippen molar-refractivity contribution < 1.29 is 51.0 Å². The van der Waals surface area contributed by atoms with Gasteiger partial charge in [0.1, 0.15) is 0 Å². The molecule has 1 fully saturated rings. The molecular weight excluding hydrogens is 623 g/mol. The van der Waals surface area contributed by atoms with Crippen LogP contribution in [0.5, 0.6) is 0 Å². The average Bonchev–Trinajstić information content (AvgIpc) is 3.73. The topological polar surface area (TPSA) is 0 Å². The fourth-order valence-electron chi connectivity index (χ4n) is 5.18. The van der Waals surface area contributed by atoms with E-state index in [1.807, 2.05) is 0 Å². The molecule has 0 saturated carbocycles. The molecule has 7 rings (SSSR count). The Morgan fingerprint density at radius 2 is 0.950 bits per heavy atom. The molecule has 4 aromatic carbocycles. The van der Waals surface area contributed by atoms with E-state index < -0.39 is 0 Å². The molecule has 3 aliphatic rings. The Labute approximate surface area is 274 Å². The minimum Gasteiger partial charge on any atom is -1.00 e. The van der Waals surface area contributed by atoms with Crippen molar-refractivity contribution >= 4 is 42.2 Å². The van der Waals surface area contributed by atoms with Gasteiger partial charge in [-0.05, 0) is 32.7 Å². The molecule has 1 heterocycles. The fourth-order valence-corrected chi connectivity index (χ4v) is 6.43. The molecule has 200 valence electrons. The largest absolute Gasteiger partial charge is 4.00 e. The Morgan fingerprint density at radius 3 is 1.30 bits per heavy atom. The predicted octanol–water partition coefficient (Wildman–Crippen LogP) is 4.08. The average molecular weight is 657 g/mol. The summed E-state index contributed by atoms with van der Waals surface area (Å²) in [6.45, 7) is 4.22. The van der Waals surface area contributed by atoms with Crippen LogP contribution in [0, 0.1) is 12.2 Å². The van der Waals surface area contributed by atoms with E-state index in [1.54, 1.807) is 0 Å². The third-order valence-electron chi connectivity index (χ3n) is 7.13. The molecule has 4 aromatic rings. The summed E-state index contributed by atoms with van der Waals surface area (Å²) in [6, 6.07) is 33.2. The molecule has 0 nitrogen and oxygen atoms in total. The summed E-state index contributed by atoms with van der Waals surface area (Å²) in [5.74, 6) is 0. The van der Waals surface area contributed by atoms with Gasteiger partial charge in [0.05, 0.1) is 0 Å². The van der Waals surface area contributed by atoms with E-state index in [9.17, 15) is 0 Å². The molecule has 0 atom stereocenters. The van der Waals surface area contributed by atoms with Gasteiger partial charge in [-0.2, -0.15) is 0 Å². The van der Waals surface area contributed by atoms with Crippen LogP contribution in [-0.4, -0.2) is 9.52 Å². The van der Waals surface area contributed by atoms with Crippen molar-refractivity contribution in [3.8, 4) is 0 Å². The zero-order chi connectivity index (χ0) is 25.5. The van der Waals surface area contributed by atoms with Crippen molar-refractivity contribution in [1.82, 2.24) is 0 Å². The Hall–Kier alpha value is -1.96. The second kappa shape index (κ2) is 17.1. The van der Waals surface area contributed by atoms with Crippen LogP contribution in [0.3, 0.4) is 0 Å². The first-order valence-electron chi connectivity index (χ1n) is 13.4. The zero-order valence-electron chi connectivity index (χ0n) is 23.2. The van der Waals surface area contributed by atoms with Gasteiger partial charge in [0.15, 0.2) is 0 Å². The first-order valence-corrected chi connectivity index (χ1v) is 14.8. The van der Waals surface area contributed by atoms with Gasteiger partial charge in [-0.25, -0.2) is 23.3 Å². The van der Waals surface area contributed by atoms with E-state index in [-0.39, 0.29) is 51.0 Å². The standard InChI is InChI=1S/2C16H13.C4H8Si.2ClH.Zr/c2*1-12-9-10-14(11-12)16-8-4-6-13-5-2-3-7-15(13)16;1-2-4-5-3-1;;;/h2*2-8,11H,10H2,1H3;1-4H2;2*1H;/q2*-1;;;;+4/p-2. The predicted molar refractivity (Wildman–Crippen MR) is 163 cm³/mol. The summed E-state index contributed by atoms with van der Waals surface area (Å²) in [4.78, 5) is 0. The van der Waals surface area contributed by atoms with Crippen LogP contribution in [-0.2, 0) is 26.2 Å². The van der Waals surface area contributed by atoms with Gasteiger partial charge in [0.25, 0.3) is 0 Å². The molecule has 2 radical (unpaired) electrons. The molecule has 1 saturated heterocycles.